The zero-order chi connectivity index (χ0) is 24.0. The standard InChI is InChI=1S/C35H23N/c1-20-12-14-25-28(17-20)29(24-10-5-8-22-7-3-4-9-23(22)24)18-31-26-15-13-21(2)33-27-11-6-16-36-35(27)32(34(26)33)19-30(25)31/h3-19H,1-2H3. The van der Waals surface area contributed by atoms with Crippen molar-refractivity contribution in [3.8, 4) is 33.5 Å². The Morgan fingerprint density at radius 1 is 0.500 bits per heavy atom. The van der Waals surface area contributed by atoms with Gasteiger partial charge in [0.05, 0.1) is 5.69 Å². The number of benzene rings is 6. The number of aromatic nitrogens is 1. The van der Waals surface area contributed by atoms with Crippen LogP contribution in [0.1, 0.15) is 11.1 Å². The summed E-state index contributed by atoms with van der Waals surface area (Å²) in [5.74, 6) is 0. The van der Waals surface area contributed by atoms with Gasteiger partial charge < -0.3 is 0 Å². The molecule has 1 heterocycles. The average Bonchev–Trinajstić information content (AvgIpc) is 3.25. The second-order valence-corrected chi connectivity index (χ2v) is 10.1. The van der Waals surface area contributed by atoms with E-state index in [9.17, 15) is 0 Å². The number of hydrogen-bond acceptors (Lipinski definition) is 1. The van der Waals surface area contributed by atoms with E-state index in [-0.39, 0.29) is 0 Å². The molecule has 0 aliphatic heterocycles. The van der Waals surface area contributed by atoms with Crippen molar-refractivity contribution in [1.29, 1.82) is 0 Å². The second kappa shape index (κ2) is 7.02. The van der Waals surface area contributed by atoms with E-state index in [2.05, 4.69) is 111 Å². The minimum absolute atomic E-state index is 1.10. The molecule has 0 spiro atoms. The fourth-order valence-corrected chi connectivity index (χ4v) is 6.41. The molecule has 1 aromatic heterocycles. The Balaban J connectivity index is 1.60. The van der Waals surface area contributed by atoms with Crippen LogP contribution < -0.4 is 0 Å². The third-order valence-electron chi connectivity index (χ3n) is 8.01. The highest BCUT2D eigenvalue weighted by molar-refractivity contribution is 6.29. The normalized spacial score (nSPS) is 12.2. The van der Waals surface area contributed by atoms with Crippen molar-refractivity contribution < 1.29 is 0 Å². The molecule has 0 unspecified atom stereocenters. The lowest BCUT2D eigenvalue weighted by atomic mass is 9.87. The van der Waals surface area contributed by atoms with Crippen LogP contribution in [-0.4, -0.2) is 4.98 Å². The quantitative estimate of drug-likeness (QED) is 0.224. The van der Waals surface area contributed by atoms with Gasteiger partial charge in [-0.3, -0.25) is 4.98 Å². The summed E-state index contributed by atoms with van der Waals surface area (Å²) in [6.45, 7) is 4.40. The predicted octanol–water partition coefficient (Wildman–Crippen LogP) is 9.63. The minimum Gasteiger partial charge on any atom is -0.256 e. The molecule has 36 heavy (non-hydrogen) atoms. The molecule has 0 N–H and O–H groups in total. The first-order chi connectivity index (χ1) is 17.7. The fraction of sp³-hybridized carbons (Fsp3) is 0.0571. The second-order valence-electron chi connectivity index (χ2n) is 10.1. The molecule has 1 aliphatic carbocycles. The van der Waals surface area contributed by atoms with Crippen LogP contribution in [0.3, 0.4) is 0 Å². The van der Waals surface area contributed by atoms with Gasteiger partial charge in [0.25, 0.3) is 0 Å². The largest absolute Gasteiger partial charge is 0.256 e. The molecule has 7 aromatic rings. The highest BCUT2D eigenvalue weighted by Gasteiger charge is 2.26. The van der Waals surface area contributed by atoms with Crippen LogP contribution in [0.15, 0.2) is 103 Å². The first-order valence-corrected chi connectivity index (χ1v) is 12.6. The maximum atomic E-state index is 4.84. The molecule has 0 radical (unpaired) electrons. The van der Waals surface area contributed by atoms with Crippen molar-refractivity contribution in [2.45, 2.75) is 13.8 Å². The first kappa shape index (κ1) is 19.8. The summed E-state index contributed by atoms with van der Waals surface area (Å²) < 4.78 is 0. The van der Waals surface area contributed by atoms with Gasteiger partial charge in [0.2, 0.25) is 0 Å². The van der Waals surface area contributed by atoms with Gasteiger partial charge >= 0.3 is 0 Å². The van der Waals surface area contributed by atoms with Crippen molar-refractivity contribution >= 4 is 43.1 Å². The van der Waals surface area contributed by atoms with E-state index >= 15 is 0 Å². The van der Waals surface area contributed by atoms with Gasteiger partial charge in [-0.1, -0.05) is 84.4 Å². The maximum absolute atomic E-state index is 4.84. The van der Waals surface area contributed by atoms with E-state index in [4.69, 9.17) is 4.98 Å². The molecule has 0 saturated heterocycles. The van der Waals surface area contributed by atoms with E-state index < -0.39 is 0 Å². The Bertz CT molecular complexity index is 2060. The number of aryl methyl sites for hydroxylation is 2. The molecule has 8 rings (SSSR count). The van der Waals surface area contributed by atoms with Crippen molar-refractivity contribution in [2.24, 2.45) is 0 Å². The van der Waals surface area contributed by atoms with E-state index in [1.165, 1.54) is 82.0 Å². The molecular weight excluding hydrogens is 434 g/mol. The molecule has 1 nitrogen and oxygen atoms in total. The monoisotopic (exact) mass is 457 g/mol. The summed E-state index contributed by atoms with van der Waals surface area (Å²) in [6, 6.07) is 36.0. The van der Waals surface area contributed by atoms with Crippen LogP contribution in [0.5, 0.6) is 0 Å². The SMILES string of the molecule is Cc1ccc2c(c1)c(-c1cccc3ccccc13)cc1c3ccc(C)c4c3c(cc21)-c1ncccc1-4. The highest BCUT2D eigenvalue weighted by atomic mass is 14.7. The summed E-state index contributed by atoms with van der Waals surface area (Å²) in [6.07, 6.45) is 1.92. The Hall–Kier alpha value is -4.49. The molecule has 168 valence electrons. The lowest BCUT2D eigenvalue weighted by Gasteiger charge is -2.16. The molecular formula is C35H23N. The zero-order valence-electron chi connectivity index (χ0n) is 20.3. The number of rotatable bonds is 1. The highest BCUT2D eigenvalue weighted by Crippen LogP contribution is 2.51. The molecule has 0 amide bonds. The maximum Gasteiger partial charge on any atom is 0.0787 e. The van der Waals surface area contributed by atoms with Gasteiger partial charge in [0.15, 0.2) is 0 Å². The van der Waals surface area contributed by atoms with E-state index in [1.54, 1.807) is 0 Å². The molecule has 1 aliphatic rings. The fourth-order valence-electron chi connectivity index (χ4n) is 6.41. The molecule has 6 aromatic carbocycles. The number of fused-ring (bicyclic) bond motifs is 8. The van der Waals surface area contributed by atoms with E-state index in [0.717, 1.165) is 5.69 Å². The summed E-state index contributed by atoms with van der Waals surface area (Å²) in [4.78, 5) is 4.84. The number of nitrogens with zero attached hydrogens (tertiary/aromatic N) is 1. The van der Waals surface area contributed by atoms with Crippen molar-refractivity contribution in [2.75, 3.05) is 0 Å². The van der Waals surface area contributed by atoms with Gasteiger partial charge in [0.1, 0.15) is 0 Å². The Kier molecular flexibility index (Phi) is 3.86. The van der Waals surface area contributed by atoms with E-state index in [1.807, 2.05) is 6.20 Å². The van der Waals surface area contributed by atoms with E-state index in [0.29, 0.717) is 0 Å². The third kappa shape index (κ3) is 2.52. The van der Waals surface area contributed by atoms with Crippen LogP contribution in [0, 0.1) is 13.8 Å². The zero-order valence-corrected chi connectivity index (χ0v) is 20.3. The third-order valence-corrected chi connectivity index (χ3v) is 8.01. The lowest BCUT2D eigenvalue weighted by Crippen LogP contribution is -1.90. The molecule has 1 heteroatoms. The minimum atomic E-state index is 1.10. The molecule has 0 atom stereocenters. The van der Waals surface area contributed by atoms with Gasteiger partial charge in [-0.15, -0.1) is 0 Å². The van der Waals surface area contributed by atoms with Crippen LogP contribution in [0.4, 0.5) is 0 Å². The average molecular weight is 458 g/mol. The van der Waals surface area contributed by atoms with Gasteiger partial charge in [-0.05, 0) is 97.4 Å². The van der Waals surface area contributed by atoms with Crippen LogP contribution in [0.25, 0.3) is 76.6 Å². The van der Waals surface area contributed by atoms with Crippen LogP contribution >= 0.6 is 0 Å². The summed E-state index contributed by atoms with van der Waals surface area (Å²) in [5.41, 5.74) is 10.1. The summed E-state index contributed by atoms with van der Waals surface area (Å²) in [5, 5.41) is 10.4. The first-order valence-electron chi connectivity index (χ1n) is 12.6. The van der Waals surface area contributed by atoms with Gasteiger partial charge in [-0.25, -0.2) is 0 Å². The Morgan fingerprint density at radius 2 is 1.28 bits per heavy atom. The molecule has 0 bridgehead atoms. The Labute approximate surface area is 209 Å². The van der Waals surface area contributed by atoms with Crippen molar-refractivity contribution in [3.63, 3.8) is 0 Å². The van der Waals surface area contributed by atoms with Gasteiger partial charge in [0, 0.05) is 17.3 Å². The van der Waals surface area contributed by atoms with Crippen LogP contribution in [-0.2, 0) is 0 Å². The molecule has 0 saturated carbocycles. The van der Waals surface area contributed by atoms with Crippen molar-refractivity contribution in [3.05, 3.63) is 114 Å². The molecule has 0 fully saturated rings. The Morgan fingerprint density at radius 3 is 2.22 bits per heavy atom. The van der Waals surface area contributed by atoms with Gasteiger partial charge in [-0.2, -0.15) is 0 Å². The number of hydrogen-bond donors (Lipinski definition) is 0. The van der Waals surface area contributed by atoms with Crippen molar-refractivity contribution in [1.82, 2.24) is 4.98 Å². The topological polar surface area (TPSA) is 12.9 Å². The van der Waals surface area contributed by atoms with Crippen LogP contribution in [0.2, 0.25) is 0 Å². The summed E-state index contributed by atoms with van der Waals surface area (Å²) in [7, 11) is 0. The summed E-state index contributed by atoms with van der Waals surface area (Å²) >= 11 is 0. The smallest absolute Gasteiger partial charge is 0.0787 e. The number of pyridine rings is 1. The predicted molar refractivity (Wildman–Crippen MR) is 154 cm³/mol. The lowest BCUT2D eigenvalue weighted by molar-refractivity contribution is 1.34.